The Labute approximate surface area is 101 Å². The minimum atomic E-state index is -4.89. The number of aliphatic hydroxyl groups excluding tert-OH is 1. The van der Waals surface area contributed by atoms with Crippen LogP contribution in [0.5, 0.6) is 5.75 Å². The van der Waals surface area contributed by atoms with Gasteiger partial charge in [-0.05, 0) is 25.1 Å². The van der Waals surface area contributed by atoms with E-state index in [2.05, 4.69) is 9.47 Å². The minimum absolute atomic E-state index is 0.0451. The third-order valence-electron chi connectivity index (χ3n) is 1.87. The summed E-state index contributed by atoms with van der Waals surface area (Å²) in [7, 11) is 0. The molecule has 0 fully saturated rings. The van der Waals surface area contributed by atoms with Crippen LogP contribution >= 0.6 is 0 Å². The number of carbonyl (C=O) groups excluding carboxylic acids is 1. The first kappa shape index (κ1) is 14.3. The van der Waals surface area contributed by atoms with Crippen LogP contribution in [-0.2, 0) is 4.74 Å². The standard InChI is InChI=1S/C11H11F3O4/c1-2-17-9(15)7-4-3-5-8(6-7)18-10(16)11(12,13)14/h3-6,10,16H,2H2,1H3. The second-order valence-electron chi connectivity index (χ2n) is 3.26. The summed E-state index contributed by atoms with van der Waals surface area (Å²) in [5.41, 5.74) is 0.0451. The summed E-state index contributed by atoms with van der Waals surface area (Å²) in [5, 5.41) is 8.71. The largest absolute Gasteiger partial charge is 0.462 e. The second kappa shape index (κ2) is 5.72. The van der Waals surface area contributed by atoms with Gasteiger partial charge in [-0.25, -0.2) is 4.79 Å². The zero-order valence-corrected chi connectivity index (χ0v) is 9.40. The van der Waals surface area contributed by atoms with Crippen LogP contribution < -0.4 is 4.74 Å². The van der Waals surface area contributed by atoms with Crippen molar-refractivity contribution >= 4 is 5.97 Å². The average Bonchev–Trinajstić information content (AvgIpc) is 2.28. The zero-order valence-electron chi connectivity index (χ0n) is 9.40. The van der Waals surface area contributed by atoms with Gasteiger partial charge in [0, 0.05) is 0 Å². The Morgan fingerprint density at radius 2 is 2.11 bits per heavy atom. The highest BCUT2D eigenvalue weighted by Crippen LogP contribution is 2.24. The number of alkyl halides is 3. The fourth-order valence-corrected chi connectivity index (χ4v) is 1.11. The first-order valence-corrected chi connectivity index (χ1v) is 5.03. The number of hydrogen-bond donors (Lipinski definition) is 1. The molecule has 4 nitrogen and oxygen atoms in total. The van der Waals surface area contributed by atoms with Gasteiger partial charge in [0.25, 0.3) is 6.29 Å². The maximum absolute atomic E-state index is 12.0. The molecule has 1 N–H and O–H groups in total. The quantitative estimate of drug-likeness (QED) is 0.668. The van der Waals surface area contributed by atoms with E-state index in [4.69, 9.17) is 5.11 Å². The van der Waals surface area contributed by atoms with E-state index in [9.17, 15) is 18.0 Å². The van der Waals surface area contributed by atoms with E-state index in [1.54, 1.807) is 6.92 Å². The lowest BCUT2D eigenvalue weighted by Crippen LogP contribution is -2.33. The fraction of sp³-hybridized carbons (Fsp3) is 0.364. The van der Waals surface area contributed by atoms with Gasteiger partial charge in [0.15, 0.2) is 0 Å². The molecule has 0 spiro atoms. The molecule has 0 aliphatic heterocycles. The highest BCUT2D eigenvalue weighted by molar-refractivity contribution is 5.89. The maximum Gasteiger partial charge on any atom is 0.452 e. The Bertz CT molecular complexity index is 417. The van der Waals surface area contributed by atoms with Gasteiger partial charge in [0.2, 0.25) is 0 Å². The molecule has 0 saturated carbocycles. The molecule has 0 heterocycles. The summed E-state index contributed by atoms with van der Waals surface area (Å²) in [4.78, 5) is 11.3. The third-order valence-corrected chi connectivity index (χ3v) is 1.87. The highest BCUT2D eigenvalue weighted by atomic mass is 19.4. The summed E-state index contributed by atoms with van der Waals surface area (Å²) in [6.45, 7) is 1.75. The van der Waals surface area contributed by atoms with Crippen molar-refractivity contribution in [1.29, 1.82) is 0 Å². The van der Waals surface area contributed by atoms with Crippen molar-refractivity contribution in [3.8, 4) is 5.75 Å². The van der Waals surface area contributed by atoms with Crippen molar-refractivity contribution in [3.05, 3.63) is 29.8 Å². The lowest BCUT2D eigenvalue weighted by Gasteiger charge is -2.16. The first-order chi connectivity index (χ1) is 8.34. The topological polar surface area (TPSA) is 55.8 Å². The molecule has 0 aliphatic rings. The molecule has 0 aromatic heterocycles. The normalized spacial score (nSPS) is 12.9. The number of hydrogen-bond acceptors (Lipinski definition) is 4. The Balaban J connectivity index is 2.80. The Kier molecular flexibility index (Phi) is 4.55. The van der Waals surface area contributed by atoms with Gasteiger partial charge in [-0.15, -0.1) is 0 Å². The van der Waals surface area contributed by atoms with E-state index in [1.165, 1.54) is 18.2 Å². The van der Waals surface area contributed by atoms with Gasteiger partial charge < -0.3 is 14.6 Å². The van der Waals surface area contributed by atoms with Gasteiger partial charge in [-0.3, -0.25) is 0 Å². The molecule has 0 bridgehead atoms. The molecule has 1 atom stereocenters. The van der Waals surface area contributed by atoms with Crippen molar-refractivity contribution in [2.24, 2.45) is 0 Å². The minimum Gasteiger partial charge on any atom is -0.462 e. The lowest BCUT2D eigenvalue weighted by atomic mass is 10.2. The molecule has 1 aromatic rings. The third kappa shape index (κ3) is 3.92. The van der Waals surface area contributed by atoms with Crippen LogP contribution in [0, 0.1) is 0 Å². The molecule has 0 saturated heterocycles. The van der Waals surface area contributed by atoms with Gasteiger partial charge >= 0.3 is 12.1 Å². The summed E-state index contributed by atoms with van der Waals surface area (Å²) >= 11 is 0. The van der Waals surface area contributed by atoms with Crippen LogP contribution in [-0.4, -0.2) is 30.1 Å². The molecule has 1 aromatic carbocycles. The molecule has 0 amide bonds. The van der Waals surface area contributed by atoms with Crippen molar-refractivity contribution in [2.75, 3.05) is 6.61 Å². The predicted octanol–water partition coefficient (Wildman–Crippen LogP) is 2.12. The smallest absolute Gasteiger partial charge is 0.452 e. The molecule has 18 heavy (non-hydrogen) atoms. The Morgan fingerprint density at radius 3 is 2.67 bits per heavy atom. The van der Waals surface area contributed by atoms with E-state index < -0.39 is 18.4 Å². The van der Waals surface area contributed by atoms with E-state index in [1.807, 2.05) is 0 Å². The number of esters is 1. The van der Waals surface area contributed by atoms with Crippen molar-refractivity contribution in [1.82, 2.24) is 0 Å². The van der Waals surface area contributed by atoms with E-state index in [0.717, 1.165) is 6.07 Å². The van der Waals surface area contributed by atoms with Crippen LogP contribution in [0.25, 0.3) is 0 Å². The van der Waals surface area contributed by atoms with E-state index >= 15 is 0 Å². The summed E-state index contributed by atoms with van der Waals surface area (Å²) in [5.74, 6) is -0.949. The molecule has 1 rings (SSSR count). The monoisotopic (exact) mass is 264 g/mol. The van der Waals surface area contributed by atoms with Crippen molar-refractivity contribution in [2.45, 2.75) is 19.4 Å². The van der Waals surface area contributed by atoms with Crippen molar-refractivity contribution in [3.63, 3.8) is 0 Å². The number of ether oxygens (including phenoxy) is 2. The lowest BCUT2D eigenvalue weighted by molar-refractivity contribution is -0.264. The zero-order chi connectivity index (χ0) is 13.8. The Hall–Kier alpha value is -1.76. The molecular formula is C11H11F3O4. The van der Waals surface area contributed by atoms with Gasteiger partial charge in [0.1, 0.15) is 5.75 Å². The summed E-state index contributed by atoms with van der Waals surface area (Å²) in [6, 6.07) is 4.94. The predicted molar refractivity (Wildman–Crippen MR) is 55.1 cm³/mol. The number of carbonyl (C=O) groups is 1. The molecule has 100 valence electrons. The number of aliphatic hydroxyl groups is 1. The molecule has 0 aliphatic carbocycles. The van der Waals surface area contributed by atoms with E-state index in [0.29, 0.717) is 0 Å². The van der Waals surface area contributed by atoms with Crippen LogP contribution in [0.2, 0.25) is 0 Å². The molecular weight excluding hydrogens is 253 g/mol. The van der Waals surface area contributed by atoms with Gasteiger partial charge in [-0.1, -0.05) is 6.07 Å². The Morgan fingerprint density at radius 1 is 1.44 bits per heavy atom. The van der Waals surface area contributed by atoms with Gasteiger partial charge in [-0.2, -0.15) is 13.2 Å². The SMILES string of the molecule is CCOC(=O)c1cccc(OC(O)C(F)(F)F)c1. The van der Waals surface area contributed by atoms with Crippen LogP contribution in [0.4, 0.5) is 13.2 Å². The second-order valence-corrected chi connectivity index (χ2v) is 3.26. The number of benzene rings is 1. The van der Waals surface area contributed by atoms with Crippen LogP contribution in [0.1, 0.15) is 17.3 Å². The maximum atomic E-state index is 12.0. The van der Waals surface area contributed by atoms with E-state index in [-0.39, 0.29) is 17.9 Å². The number of rotatable bonds is 4. The van der Waals surface area contributed by atoms with Crippen molar-refractivity contribution < 1.29 is 32.5 Å². The van der Waals surface area contributed by atoms with Crippen LogP contribution in [0.3, 0.4) is 0 Å². The summed E-state index contributed by atoms with van der Waals surface area (Å²) < 4.78 is 45.1. The molecule has 1 unspecified atom stereocenters. The fourth-order valence-electron chi connectivity index (χ4n) is 1.11. The summed E-state index contributed by atoms with van der Waals surface area (Å²) in [6.07, 6.45) is -7.82. The molecule has 0 radical (unpaired) electrons. The molecule has 7 heteroatoms. The number of halogens is 3. The first-order valence-electron chi connectivity index (χ1n) is 5.03. The highest BCUT2D eigenvalue weighted by Gasteiger charge is 2.40. The van der Waals surface area contributed by atoms with Gasteiger partial charge in [0.05, 0.1) is 12.2 Å². The average molecular weight is 264 g/mol. The van der Waals surface area contributed by atoms with Crippen LogP contribution in [0.15, 0.2) is 24.3 Å².